The third kappa shape index (κ3) is 3.56. The van der Waals surface area contributed by atoms with Gasteiger partial charge in [0.1, 0.15) is 5.60 Å². The summed E-state index contributed by atoms with van der Waals surface area (Å²) >= 11 is 0. The molecule has 0 aromatic heterocycles. The van der Waals surface area contributed by atoms with Crippen LogP contribution < -0.4 is 5.32 Å². The molecule has 22 heavy (non-hydrogen) atoms. The lowest BCUT2D eigenvalue weighted by atomic mass is 9.89. The number of amides is 1. The van der Waals surface area contributed by atoms with Crippen molar-refractivity contribution in [3.05, 3.63) is 0 Å². The Balaban J connectivity index is 2.24. The summed E-state index contributed by atoms with van der Waals surface area (Å²) in [6.45, 7) is 8.29. The number of nitrogens with one attached hydrogen (secondary N) is 1. The van der Waals surface area contributed by atoms with Crippen molar-refractivity contribution in [3.8, 4) is 0 Å². The monoisotopic (exact) mass is 312 g/mol. The fourth-order valence-electron chi connectivity index (χ4n) is 3.41. The molecule has 2 bridgehead atoms. The van der Waals surface area contributed by atoms with Crippen molar-refractivity contribution in [1.29, 1.82) is 0 Å². The van der Waals surface area contributed by atoms with Gasteiger partial charge in [-0.3, -0.25) is 4.90 Å². The molecule has 2 heterocycles. The van der Waals surface area contributed by atoms with E-state index < -0.39 is 29.2 Å². The highest BCUT2D eigenvalue weighted by atomic mass is 16.8. The summed E-state index contributed by atoms with van der Waals surface area (Å²) in [5, 5.41) is 21.9. The zero-order chi connectivity index (χ0) is 16.8. The first-order valence-corrected chi connectivity index (χ1v) is 7.59. The minimum atomic E-state index is -2.73. The maximum atomic E-state index is 12.6. The SMILES string of the molecule is [B]C(O)(O)OC(C)C12CCC(CNC1)N2C(=O)OC(C)(C)C. The number of ether oxygens (including phenoxy) is 2. The van der Waals surface area contributed by atoms with Crippen molar-refractivity contribution in [3.63, 3.8) is 0 Å². The molecular weight excluding hydrogens is 287 g/mol. The first-order chi connectivity index (χ1) is 9.95. The first kappa shape index (κ1) is 17.5. The molecule has 0 aromatic carbocycles. The number of aliphatic hydroxyl groups is 2. The molecule has 2 aliphatic rings. The average molecular weight is 312 g/mol. The maximum Gasteiger partial charge on any atom is 0.411 e. The maximum absolute atomic E-state index is 12.6. The molecule has 2 radical (unpaired) electrons. The fraction of sp³-hybridized carbons (Fsp3) is 0.929. The molecular formula is C14H25BN2O5. The summed E-state index contributed by atoms with van der Waals surface area (Å²) in [7, 11) is 5.13. The molecule has 1 amide bonds. The quantitative estimate of drug-likeness (QED) is 0.498. The van der Waals surface area contributed by atoms with Crippen LogP contribution in [0, 0.1) is 0 Å². The lowest BCUT2D eigenvalue weighted by Crippen LogP contribution is -2.68. The van der Waals surface area contributed by atoms with Crippen molar-refractivity contribution < 1.29 is 24.5 Å². The summed E-state index contributed by atoms with van der Waals surface area (Å²) in [6.07, 6.45) is 0.401. The predicted octanol–water partition coefficient (Wildman–Crippen LogP) is -0.103. The van der Waals surface area contributed by atoms with Gasteiger partial charge in [0.05, 0.1) is 11.6 Å². The number of carbonyl (C=O) groups excluding carboxylic acids is 1. The van der Waals surface area contributed by atoms with Crippen LogP contribution in [0.15, 0.2) is 0 Å². The zero-order valence-electron chi connectivity index (χ0n) is 13.6. The van der Waals surface area contributed by atoms with Crippen LogP contribution >= 0.6 is 0 Å². The molecule has 7 nitrogen and oxygen atoms in total. The number of fused-ring (bicyclic) bond motifs is 2. The van der Waals surface area contributed by atoms with Crippen molar-refractivity contribution in [2.45, 2.75) is 69.7 Å². The highest BCUT2D eigenvalue weighted by Crippen LogP contribution is 2.41. The number of hydrogen-bond donors (Lipinski definition) is 3. The van der Waals surface area contributed by atoms with Crippen LogP contribution in [-0.4, -0.2) is 71.3 Å². The second kappa shape index (κ2) is 5.67. The van der Waals surface area contributed by atoms with Gasteiger partial charge in [-0.25, -0.2) is 4.79 Å². The van der Waals surface area contributed by atoms with Gasteiger partial charge in [-0.2, -0.15) is 0 Å². The van der Waals surface area contributed by atoms with E-state index in [9.17, 15) is 15.0 Å². The van der Waals surface area contributed by atoms with Crippen molar-refractivity contribution in [1.82, 2.24) is 10.2 Å². The Morgan fingerprint density at radius 3 is 2.64 bits per heavy atom. The third-order valence-corrected chi connectivity index (χ3v) is 4.26. The van der Waals surface area contributed by atoms with E-state index >= 15 is 0 Å². The zero-order valence-corrected chi connectivity index (χ0v) is 13.6. The molecule has 0 aliphatic carbocycles. The standard InChI is InChI=1S/C14H25BN2O5/c1-9(21-14(15,19)20)13-6-5-10(7-16-8-13)17(13)11(18)22-12(2,3)4/h9-10,16,19-20H,5-8H2,1-4H3. The minimum Gasteiger partial charge on any atom is -0.444 e. The number of carbonyl (C=O) groups is 1. The summed E-state index contributed by atoms with van der Waals surface area (Å²) in [4.78, 5) is 14.3. The van der Waals surface area contributed by atoms with E-state index in [1.54, 1.807) is 11.8 Å². The molecule has 2 saturated heterocycles. The van der Waals surface area contributed by atoms with Gasteiger partial charge in [0.2, 0.25) is 5.87 Å². The van der Waals surface area contributed by atoms with Gasteiger partial charge in [0.15, 0.2) is 7.85 Å². The number of piperazine rings is 1. The molecule has 124 valence electrons. The second-order valence-electron chi connectivity index (χ2n) is 7.20. The number of rotatable bonds is 3. The molecule has 0 saturated carbocycles. The van der Waals surface area contributed by atoms with Crippen molar-refractivity contribution in [2.75, 3.05) is 13.1 Å². The van der Waals surface area contributed by atoms with Gasteiger partial charge < -0.3 is 25.0 Å². The molecule has 2 aliphatic heterocycles. The Bertz CT molecular complexity index is 430. The highest BCUT2D eigenvalue weighted by molar-refractivity contribution is 6.11. The van der Waals surface area contributed by atoms with Crippen LogP contribution in [0.25, 0.3) is 0 Å². The molecule has 3 atom stereocenters. The molecule has 2 fully saturated rings. The molecule has 0 spiro atoms. The summed E-state index contributed by atoms with van der Waals surface area (Å²) in [5.74, 6) is -2.73. The van der Waals surface area contributed by atoms with Gasteiger partial charge in [-0.15, -0.1) is 0 Å². The van der Waals surface area contributed by atoms with Gasteiger partial charge >= 0.3 is 6.09 Å². The fourth-order valence-corrected chi connectivity index (χ4v) is 3.41. The van der Waals surface area contributed by atoms with E-state index in [1.807, 2.05) is 20.8 Å². The third-order valence-electron chi connectivity index (χ3n) is 4.26. The van der Waals surface area contributed by atoms with Crippen LogP contribution in [0.5, 0.6) is 0 Å². The van der Waals surface area contributed by atoms with Crippen LogP contribution in [0.4, 0.5) is 4.79 Å². The number of nitrogens with zero attached hydrogens (tertiary/aromatic N) is 1. The Kier molecular flexibility index (Phi) is 4.52. The average Bonchev–Trinajstić information content (AvgIpc) is 2.53. The summed E-state index contributed by atoms with van der Waals surface area (Å²) < 4.78 is 10.6. The van der Waals surface area contributed by atoms with Crippen LogP contribution in [0.2, 0.25) is 0 Å². The van der Waals surface area contributed by atoms with E-state index in [4.69, 9.17) is 17.3 Å². The molecule has 0 aromatic rings. The normalized spacial score (nSPS) is 30.3. The van der Waals surface area contributed by atoms with Crippen LogP contribution in [0.3, 0.4) is 0 Å². The Morgan fingerprint density at radius 2 is 2.09 bits per heavy atom. The summed E-state index contributed by atoms with van der Waals surface area (Å²) in [5.41, 5.74) is -1.31. The highest BCUT2D eigenvalue weighted by Gasteiger charge is 2.56. The van der Waals surface area contributed by atoms with Gasteiger partial charge in [-0.05, 0) is 40.5 Å². The number of hydrogen-bond acceptors (Lipinski definition) is 6. The lowest BCUT2D eigenvalue weighted by molar-refractivity contribution is -0.306. The van der Waals surface area contributed by atoms with Gasteiger partial charge in [0.25, 0.3) is 0 Å². The minimum absolute atomic E-state index is 0.000731. The van der Waals surface area contributed by atoms with Crippen LogP contribution in [0.1, 0.15) is 40.5 Å². The van der Waals surface area contributed by atoms with E-state index in [2.05, 4.69) is 5.32 Å². The smallest absolute Gasteiger partial charge is 0.411 e. The lowest BCUT2D eigenvalue weighted by Gasteiger charge is -2.48. The predicted molar refractivity (Wildman–Crippen MR) is 80.2 cm³/mol. The van der Waals surface area contributed by atoms with Gasteiger partial charge in [0, 0.05) is 19.1 Å². The topological polar surface area (TPSA) is 91.3 Å². The molecule has 2 rings (SSSR count). The van der Waals surface area contributed by atoms with E-state index in [1.165, 1.54) is 0 Å². The van der Waals surface area contributed by atoms with Crippen molar-refractivity contribution in [2.24, 2.45) is 0 Å². The van der Waals surface area contributed by atoms with E-state index in [0.29, 0.717) is 19.5 Å². The first-order valence-electron chi connectivity index (χ1n) is 7.59. The largest absolute Gasteiger partial charge is 0.444 e. The Hall–Kier alpha value is -0.825. The second-order valence-corrected chi connectivity index (χ2v) is 7.20. The molecule has 8 heteroatoms. The Labute approximate surface area is 132 Å². The molecule has 3 unspecified atom stereocenters. The van der Waals surface area contributed by atoms with E-state index in [0.717, 1.165) is 6.42 Å². The van der Waals surface area contributed by atoms with Crippen molar-refractivity contribution >= 4 is 13.9 Å². The summed E-state index contributed by atoms with van der Waals surface area (Å²) in [6, 6.07) is -0.000731. The van der Waals surface area contributed by atoms with Gasteiger partial charge in [-0.1, -0.05) is 0 Å². The molecule has 3 N–H and O–H groups in total. The Morgan fingerprint density at radius 1 is 1.45 bits per heavy atom. The van der Waals surface area contributed by atoms with E-state index in [-0.39, 0.29) is 6.04 Å². The van der Waals surface area contributed by atoms with Crippen LogP contribution in [-0.2, 0) is 9.47 Å².